The van der Waals surface area contributed by atoms with Gasteiger partial charge in [-0.2, -0.15) is 0 Å². The molecular formula is C18H20ClFN2O2. The van der Waals surface area contributed by atoms with E-state index in [0.29, 0.717) is 31.8 Å². The molecular weight excluding hydrogens is 331 g/mol. The minimum absolute atomic E-state index is 0. The molecule has 2 aromatic carbocycles. The topological polar surface area (TPSA) is 55.6 Å². The van der Waals surface area contributed by atoms with Gasteiger partial charge in [0.25, 0.3) is 0 Å². The largest absolute Gasteiger partial charge is 0.399 e. The first-order chi connectivity index (χ1) is 11.1. The molecule has 2 aromatic rings. The van der Waals surface area contributed by atoms with E-state index in [1.807, 2.05) is 18.2 Å². The van der Waals surface area contributed by atoms with Crippen LogP contribution in [0.15, 0.2) is 48.5 Å². The third-order valence-corrected chi connectivity index (χ3v) is 3.97. The van der Waals surface area contributed by atoms with E-state index in [4.69, 9.17) is 10.5 Å². The van der Waals surface area contributed by atoms with Crippen LogP contribution in [-0.2, 0) is 16.0 Å². The third-order valence-electron chi connectivity index (χ3n) is 3.97. The number of rotatable bonds is 3. The van der Waals surface area contributed by atoms with Crippen molar-refractivity contribution in [2.75, 3.05) is 25.4 Å². The molecule has 1 saturated heterocycles. The molecule has 0 bridgehead atoms. The molecule has 4 nitrogen and oxygen atoms in total. The number of nitrogens with zero attached hydrogens (tertiary/aromatic N) is 1. The molecule has 0 saturated carbocycles. The number of anilines is 1. The van der Waals surface area contributed by atoms with Crippen LogP contribution in [0.4, 0.5) is 10.1 Å². The van der Waals surface area contributed by atoms with Crippen LogP contribution in [0, 0.1) is 5.82 Å². The summed E-state index contributed by atoms with van der Waals surface area (Å²) in [7, 11) is 0. The lowest BCUT2D eigenvalue weighted by Crippen LogP contribution is -2.43. The van der Waals surface area contributed by atoms with E-state index >= 15 is 0 Å². The van der Waals surface area contributed by atoms with Gasteiger partial charge in [-0.3, -0.25) is 4.79 Å². The number of ether oxygens (including phenoxy) is 1. The minimum atomic E-state index is -0.295. The number of hydrogen-bond acceptors (Lipinski definition) is 3. The monoisotopic (exact) mass is 350 g/mol. The quantitative estimate of drug-likeness (QED) is 0.866. The zero-order valence-corrected chi connectivity index (χ0v) is 14.0. The van der Waals surface area contributed by atoms with Gasteiger partial charge < -0.3 is 15.4 Å². The number of halogens is 2. The number of carbonyl (C=O) groups is 1. The highest BCUT2D eigenvalue weighted by Gasteiger charge is 2.25. The van der Waals surface area contributed by atoms with Crippen molar-refractivity contribution in [3.63, 3.8) is 0 Å². The molecule has 0 aromatic heterocycles. The second kappa shape index (κ2) is 8.13. The highest BCUT2D eigenvalue weighted by Crippen LogP contribution is 2.23. The van der Waals surface area contributed by atoms with E-state index in [-0.39, 0.29) is 30.2 Å². The van der Waals surface area contributed by atoms with Crippen molar-refractivity contribution in [1.29, 1.82) is 0 Å². The van der Waals surface area contributed by atoms with Gasteiger partial charge in [-0.1, -0.05) is 24.3 Å². The van der Waals surface area contributed by atoms with Crippen LogP contribution in [0.25, 0.3) is 0 Å². The molecule has 1 heterocycles. The SMILES string of the molecule is Cl.Nc1ccc(CC(=O)N2CCOC(c3cccc(F)c3)C2)cc1. The van der Waals surface area contributed by atoms with Crippen molar-refractivity contribution in [3.8, 4) is 0 Å². The molecule has 1 aliphatic heterocycles. The van der Waals surface area contributed by atoms with E-state index in [1.165, 1.54) is 12.1 Å². The Balaban J connectivity index is 0.00000208. The Hall–Kier alpha value is -2.11. The Morgan fingerprint density at radius 1 is 1.25 bits per heavy atom. The van der Waals surface area contributed by atoms with Crippen molar-refractivity contribution in [2.24, 2.45) is 0 Å². The number of amides is 1. The van der Waals surface area contributed by atoms with Crippen molar-refractivity contribution in [1.82, 2.24) is 4.90 Å². The first-order valence-electron chi connectivity index (χ1n) is 7.61. The van der Waals surface area contributed by atoms with Crippen LogP contribution in [0.3, 0.4) is 0 Å². The van der Waals surface area contributed by atoms with Crippen LogP contribution in [0.1, 0.15) is 17.2 Å². The van der Waals surface area contributed by atoms with Crippen molar-refractivity contribution >= 4 is 24.0 Å². The van der Waals surface area contributed by atoms with Gasteiger partial charge in [-0.15, -0.1) is 12.4 Å². The zero-order chi connectivity index (χ0) is 16.2. The number of morpholine rings is 1. The first-order valence-corrected chi connectivity index (χ1v) is 7.61. The third kappa shape index (κ3) is 4.46. The zero-order valence-electron chi connectivity index (χ0n) is 13.2. The number of nitrogens with two attached hydrogens (primary N) is 1. The van der Waals surface area contributed by atoms with Crippen molar-refractivity contribution in [2.45, 2.75) is 12.5 Å². The lowest BCUT2D eigenvalue weighted by Gasteiger charge is -2.33. The molecule has 2 N–H and O–H groups in total. The summed E-state index contributed by atoms with van der Waals surface area (Å²) in [6.07, 6.45) is 0.0469. The highest BCUT2D eigenvalue weighted by molar-refractivity contribution is 5.85. The molecule has 128 valence electrons. The second-order valence-corrected chi connectivity index (χ2v) is 5.67. The van der Waals surface area contributed by atoms with Gasteiger partial charge in [0.15, 0.2) is 0 Å². The summed E-state index contributed by atoms with van der Waals surface area (Å²) in [5.74, 6) is -0.254. The first kappa shape index (κ1) is 18.2. The Kier molecular flexibility index (Phi) is 6.17. The Morgan fingerprint density at radius 3 is 2.71 bits per heavy atom. The van der Waals surface area contributed by atoms with E-state index in [9.17, 15) is 9.18 Å². The lowest BCUT2D eigenvalue weighted by molar-refractivity contribution is -0.138. The predicted octanol–water partition coefficient (Wildman–Crippen LogP) is 2.97. The van der Waals surface area contributed by atoms with E-state index in [1.54, 1.807) is 23.1 Å². The fourth-order valence-electron chi connectivity index (χ4n) is 2.71. The molecule has 24 heavy (non-hydrogen) atoms. The summed E-state index contributed by atoms with van der Waals surface area (Å²) >= 11 is 0. The smallest absolute Gasteiger partial charge is 0.227 e. The van der Waals surface area contributed by atoms with Crippen LogP contribution in [0.5, 0.6) is 0 Å². The number of nitrogen functional groups attached to an aromatic ring is 1. The average Bonchev–Trinajstić information content (AvgIpc) is 2.57. The maximum Gasteiger partial charge on any atom is 0.227 e. The van der Waals surface area contributed by atoms with E-state index in [0.717, 1.165) is 11.1 Å². The molecule has 0 aliphatic carbocycles. The maximum absolute atomic E-state index is 13.4. The van der Waals surface area contributed by atoms with Crippen LogP contribution in [-0.4, -0.2) is 30.5 Å². The number of carbonyl (C=O) groups excluding carboxylic acids is 1. The fourth-order valence-corrected chi connectivity index (χ4v) is 2.71. The van der Waals surface area contributed by atoms with Crippen LogP contribution in [0.2, 0.25) is 0 Å². The van der Waals surface area contributed by atoms with E-state index in [2.05, 4.69) is 0 Å². The minimum Gasteiger partial charge on any atom is -0.399 e. The molecule has 1 atom stereocenters. The Labute approximate surface area is 146 Å². The molecule has 1 unspecified atom stereocenters. The Morgan fingerprint density at radius 2 is 2.00 bits per heavy atom. The highest BCUT2D eigenvalue weighted by atomic mass is 35.5. The van der Waals surface area contributed by atoms with Crippen LogP contribution < -0.4 is 5.73 Å². The molecule has 0 radical (unpaired) electrons. The molecule has 1 aliphatic rings. The summed E-state index contributed by atoms with van der Waals surface area (Å²) in [4.78, 5) is 14.2. The maximum atomic E-state index is 13.4. The Bertz CT molecular complexity index is 694. The molecule has 1 fully saturated rings. The van der Waals surface area contributed by atoms with Crippen molar-refractivity contribution < 1.29 is 13.9 Å². The summed E-state index contributed by atoms with van der Waals surface area (Å²) in [6, 6.07) is 13.6. The predicted molar refractivity (Wildman–Crippen MR) is 93.5 cm³/mol. The molecule has 3 rings (SSSR count). The van der Waals surface area contributed by atoms with Gasteiger partial charge in [0.1, 0.15) is 11.9 Å². The van der Waals surface area contributed by atoms with Gasteiger partial charge in [0.05, 0.1) is 19.6 Å². The normalized spacial score (nSPS) is 17.2. The molecule has 6 heteroatoms. The summed E-state index contributed by atoms with van der Waals surface area (Å²) < 4.78 is 19.0. The standard InChI is InChI=1S/C18H19FN2O2.ClH/c19-15-3-1-2-14(11-15)17-12-21(8-9-23-17)18(22)10-13-4-6-16(20)7-5-13;/h1-7,11,17H,8-10,12,20H2;1H. The van der Waals surface area contributed by atoms with Gasteiger partial charge in [0.2, 0.25) is 5.91 Å². The number of hydrogen-bond donors (Lipinski definition) is 1. The number of benzene rings is 2. The average molecular weight is 351 g/mol. The fraction of sp³-hybridized carbons (Fsp3) is 0.278. The van der Waals surface area contributed by atoms with E-state index < -0.39 is 0 Å². The van der Waals surface area contributed by atoms with Gasteiger partial charge in [0, 0.05) is 12.2 Å². The van der Waals surface area contributed by atoms with Crippen LogP contribution >= 0.6 is 12.4 Å². The van der Waals surface area contributed by atoms with Gasteiger partial charge in [-0.05, 0) is 35.4 Å². The summed E-state index contributed by atoms with van der Waals surface area (Å²) in [5, 5.41) is 0. The summed E-state index contributed by atoms with van der Waals surface area (Å²) in [5.41, 5.74) is 8.02. The summed E-state index contributed by atoms with van der Waals surface area (Å²) in [6.45, 7) is 1.45. The lowest BCUT2D eigenvalue weighted by atomic mass is 10.1. The van der Waals surface area contributed by atoms with Gasteiger partial charge >= 0.3 is 0 Å². The second-order valence-electron chi connectivity index (χ2n) is 5.67. The molecule has 1 amide bonds. The molecule has 0 spiro atoms. The van der Waals surface area contributed by atoms with Crippen molar-refractivity contribution in [3.05, 3.63) is 65.5 Å². The van der Waals surface area contributed by atoms with Gasteiger partial charge in [-0.25, -0.2) is 4.39 Å².